The number of piperidine rings is 1. The molecular formula is C23H23N5O2. The van der Waals surface area contributed by atoms with Crippen LogP contribution in [0.3, 0.4) is 0 Å². The fourth-order valence-electron chi connectivity index (χ4n) is 4.02. The van der Waals surface area contributed by atoms with Crippen molar-refractivity contribution in [2.75, 3.05) is 13.1 Å². The van der Waals surface area contributed by atoms with Gasteiger partial charge in [0.2, 0.25) is 0 Å². The topological polar surface area (TPSA) is 75.7 Å². The first-order chi connectivity index (χ1) is 14.7. The van der Waals surface area contributed by atoms with E-state index in [9.17, 15) is 9.90 Å². The number of rotatable bonds is 4. The van der Waals surface area contributed by atoms with Gasteiger partial charge in [-0.2, -0.15) is 0 Å². The van der Waals surface area contributed by atoms with E-state index in [0.29, 0.717) is 36.8 Å². The Hall–Kier alpha value is -3.45. The SMILES string of the molecule is O=C(c1nc(-c2cn(Cc3ccccc3)cn2)n2ccccc12)N1CCC[C@@H](O)C1. The molecule has 1 aromatic carbocycles. The molecule has 1 N–H and O–H groups in total. The lowest BCUT2D eigenvalue weighted by Gasteiger charge is -2.29. The van der Waals surface area contributed by atoms with Crippen LogP contribution in [0.25, 0.3) is 17.0 Å². The number of fused-ring (bicyclic) bond motifs is 1. The number of pyridine rings is 1. The molecule has 0 radical (unpaired) electrons. The molecule has 1 amide bonds. The average Bonchev–Trinajstić information content (AvgIpc) is 3.38. The Balaban J connectivity index is 1.49. The number of nitrogens with zero attached hydrogens (tertiary/aromatic N) is 5. The molecule has 0 unspecified atom stereocenters. The molecule has 1 aliphatic rings. The largest absolute Gasteiger partial charge is 0.391 e. The summed E-state index contributed by atoms with van der Waals surface area (Å²) < 4.78 is 3.92. The Labute approximate surface area is 174 Å². The number of aliphatic hydroxyl groups excluding tert-OH is 1. The summed E-state index contributed by atoms with van der Waals surface area (Å²) in [5.74, 6) is 0.491. The van der Waals surface area contributed by atoms with Gasteiger partial charge < -0.3 is 14.6 Å². The van der Waals surface area contributed by atoms with Crippen molar-refractivity contribution in [3.8, 4) is 11.5 Å². The van der Waals surface area contributed by atoms with E-state index in [2.05, 4.69) is 17.1 Å². The van der Waals surface area contributed by atoms with E-state index in [1.165, 1.54) is 5.56 Å². The van der Waals surface area contributed by atoms with Crippen LogP contribution in [0.15, 0.2) is 67.3 Å². The van der Waals surface area contributed by atoms with Crippen LogP contribution in [0, 0.1) is 0 Å². The van der Waals surface area contributed by atoms with Gasteiger partial charge >= 0.3 is 0 Å². The standard InChI is InChI=1S/C23H23N5O2/c29-18-9-6-11-27(14-18)23(30)21-20-10-4-5-12-28(20)22(25-21)19-15-26(16-24-19)13-17-7-2-1-3-8-17/h1-5,7-8,10,12,15-16,18,29H,6,9,11,13-14H2/t18-/m1/s1. The van der Waals surface area contributed by atoms with Crippen LogP contribution in [0.5, 0.6) is 0 Å². The van der Waals surface area contributed by atoms with E-state index in [0.717, 1.165) is 18.4 Å². The van der Waals surface area contributed by atoms with Gasteiger partial charge in [0.25, 0.3) is 5.91 Å². The summed E-state index contributed by atoms with van der Waals surface area (Å²) in [6, 6.07) is 15.9. The number of carbonyl (C=O) groups is 1. The number of imidazole rings is 2. The molecule has 7 heteroatoms. The van der Waals surface area contributed by atoms with Crippen molar-refractivity contribution in [2.45, 2.75) is 25.5 Å². The molecule has 1 fully saturated rings. The van der Waals surface area contributed by atoms with Gasteiger partial charge in [-0.1, -0.05) is 36.4 Å². The molecule has 0 spiro atoms. The van der Waals surface area contributed by atoms with Gasteiger partial charge in [-0.3, -0.25) is 9.20 Å². The molecule has 152 valence electrons. The van der Waals surface area contributed by atoms with Crippen molar-refractivity contribution in [3.63, 3.8) is 0 Å². The highest BCUT2D eigenvalue weighted by atomic mass is 16.3. The molecule has 4 aromatic rings. The Bertz CT molecular complexity index is 1180. The van der Waals surface area contributed by atoms with Crippen molar-refractivity contribution >= 4 is 11.4 Å². The molecular weight excluding hydrogens is 378 g/mol. The van der Waals surface area contributed by atoms with Crippen molar-refractivity contribution < 1.29 is 9.90 Å². The van der Waals surface area contributed by atoms with E-state index in [-0.39, 0.29) is 5.91 Å². The zero-order valence-electron chi connectivity index (χ0n) is 16.6. The third kappa shape index (κ3) is 3.48. The Morgan fingerprint density at radius 2 is 1.97 bits per heavy atom. The highest BCUT2D eigenvalue weighted by Crippen LogP contribution is 2.24. The second-order valence-electron chi connectivity index (χ2n) is 7.70. The molecule has 1 atom stereocenters. The molecule has 5 rings (SSSR count). The predicted molar refractivity (Wildman–Crippen MR) is 113 cm³/mol. The van der Waals surface area contributed by atoms with Gasteiger partial charge in [-0.25, -0.2) is 9.97 Å². The summed E-state index contributed by atoms with van der Waals surface area (Å²) in [7, 11) is 0. The summed E-state index contributed by atoms with van der Waals surface area (Å²) in [5.41, 5.74) is 3.05. The second kappa shape index (κ2) is 7.76. The van der Waals surface area contributed by atoms with E-state index >= 15 is 0 Å². The average molecular weight is 401 g/mol. The normalized spacial score (nSPS) is 16.8. The van der Waals surface area contributed by atoms with E-state index < -0.39 is 6.10 Å². The Kier molecular flexibility index (Phi) is 4.80. The lowest BCUT2D eigenvalue weighted by atomic mass is 10.1. The predicted octanol–water partition coefficient (Wildman–Crippen LogP) is 2.84. The van der Waals surface area contributed by atoms with Crippen LogP contribution >= 0.6 is 0 Å². The molecule has 30 heavy (non-hydrogen) atoms. The lowest BCUT2D eigenvalue weighted by Crippen LogP contribution is -2.42. The van der Waals surface area contributed by atoms with Gasteiger partial charge in [0.05, 0.1) is 17.9 Å². The monoisotopic (exact) mass is 401 g/mol. The molecule has 4 heterocycles. The Morgan fingerprint density at radius 3 is 2.80 bits per heavy atom. The van der Waals surface area contributed by atoms with Crippen LogP contribution in [0.1, 0.15) is 28.9 Å². The number of amides is 1. The smallest absolute Gasteiger partial charge is 0.274 e. The number of carbonyl (C=O) groups excluding carboxylic acids is 1. The summed E-state index contributed by atoms with van der Waals surface area (Å²) in [4.78, 5) is 24.1. The first kappa shape index (κ1) is 18.6. The molecule has 1 saturated heterocycles. The number of benzene rings is 1. The number of hydrogen-bond donors (Lipinski definition) is 1. The highest BCUT2D eigenvalue weighted by Gasteiger charge is 2.27. The van der Waals surface area contributed by atoms with Gasteiger partial charge in [0, 0.05) is 32.0 Å². The molecule has 1 aliphatic heterocycles. The third-order valence-corrected chi connectivity index (χ3v) is 5.51. The summed E-state index contributed by atoms with van der Waals surface area (Å²) in [6.07, 6.45) is 6.70. The maximum atomic E-state index is 13.2. The Morgan fingerprint density at radius 1 is 1.13 bits per heavy atom. The van der Waals surface area contributed by atoms with Crippen LogP contribution in [-0.4, -0.2) is 54.0 Å². The third-order valence-electron chi connectivity index (χ3n) is 5.51. The summed E-state index contributed by atoms with van der Waals surface area (Å²) in [5, 5.41) is 9.96. The van der Waals surface area contributed by atoms with Crippen LogP contribution in [0.2, 0.25) is 0 Å². The number of likely N-dealkylation sites (tertiary alicyclic amines) is 1. The van der Waals surface area contributed by atoms with E-state index in [1.807, 2.05) is 57.8 Å². The lowest BCUT2D eigenvalue weighted by molar-refractivity contribution is 0.0471. The first-order valence-corrected chi connectivity index (χ1v) is 10.2. The number of aromatic nitrogens is 4. The summed E-state index contributed by atoms with van der Waals surface area (Å²) in [6.45, 7) is 1.71. The molecule has 3 aromatic heterocycles. The quantitative estimate of drug-likeness (QED) is 0.571. The van der Waals surface area contributed by atoms with Gasteiger partial charge in [-0.05, 0) is 30.5 Å². The van der Waals surface area contributed by atoms with Crippen molar-refractivity contribution in [1.82, 2.24) is 23.8 Å². The molecule has 0 saturated carbocycles. The fourth-order valence-corrected chi connectivity index (χ4v) is 4.02. The zero-order valence-corrected chi connectivity index (χ0v) is 16.6. The van der Waals surface area contributed by atoms with E-state index in [4.69, 9.17) is 4.98 Å². The molecule has 0 bridgehead atoms. The minimum atomic E-state index is -0.468. The second-order valence-corrected chi connectivity index (χ2v) is 7.70. The summed E-state index contributed by atoms with van der Waals surface area (Å²) >= 11 is 0. The highest BCUT2D eigenvalue weighted by molar-refractivity contribution is 6.00. The molecule has 0 aliphatic carbocycles. The molecule has 7 nitrogen and oxygen atoms in total. The van der Waals surface area contributed by atoms with Gasteiger partial charge in [0.1, 0.15) is 5.69 Å². The number of aliphatic hydroxyl groups is 1. The first-order valence-electron chi connectivity index (χ1n) is 10.2. The number of β-amino-alcohol motifs (C(OH)–C–C–N with tert-alkyl or cyclic N) is 1. The van der Waals surface area contributed by atoms with Crippen LogP contribution in [-0.2, 0) is 6.54 Å². The van der Waals surface area contributed by atoms with Gasteiger partial charge in [-0.15, -0.1) is 0 Å². The van der Waals surface area contributed by atoms with Crippen LogP contribution < -0.4 is 0 Å². The van der Waals surface area contributed by atoms with Crippen molar-refractivity contribution in [2.24, 2.45) is 0 Å². The fraction of sp³-hybridized carbons (Fsp3) is 0.261. The maximum absolute atomic E-state index is 13.2. The van der Waals surface area contributed by atoms with E-state index in [1.54, 1.807) is 11.2 Å². The maximum Gasteiger partial charge on any atom is 0.274 e. The van der Waals surface area contributed by atoms with Crippen LogP contribution in [0.4, 0.5) is 0 Å². The van der Waals surface area contributed by atoms with Gasteiger partial charge in [0.15, 0.2) is 11.5 Å². The minimum absolute atomic E-state index is 0.146. The van der Waals surface area contributed by atoms with Crippen molar-refractivity contribution in [1.29, 1.82) is 0 Å². The minimum Gasteiger partial charge on any atom is -0.391 e. The zero-order chi connectivity index (χ0) is 20.5. The van der Waals surface area contributed by atoms with Crippen molar-refractivity contribution in [3.05, 3.63) is 78.5 Å². The number of hydrogen-bond acceptors (Lipinski definition) is 4.